The van der Waals surface area contributed by atoms with Gasteiger partial charge in [0.2, 0.25) is 0 Å². The fourth-order valence-corrected chi connectivity index (χ4v) is 1.66. The number of carbonyl (C=O) groups is 2. The molecule has 7 heteroatoms. The SMILES string of the molecule is CC(CNC(=O)Nc1cc(Cl)cc(Cl)c1)C(=O)O. The molecule has 0 saturated heterocycles. The highest BCUT2D eigenvalue weighted by Gasteiger charge is 2.12. The number of amides is 2. The van der Waals surface area contributed by atoms with Gasteiger partial charge in [-0.1, -0.05) is 30.1 Å². The van der Waals surface area contributed by atoms with E-state index in [-0.39, 0.29) is 6.54 Å². The van der Waals surface area contributed by atoms with Crippen molar-refractivity contribution in [3.63, 3.8) is 0 Å². The Morgan fingerprint density at radius 1 is 1.28 bits per heavy atom. The number of carboxylic acid groups (broad SMARTS) is 1. The molecule has 1 unspecified atom stereocenters. The molecule has 0 bridgehead atoms. The predicted molar refractivity (Wildman–Crippen MR) is 70.3 cm³/mol. The van der Waals surface area contributed by atoms with Gasteiger partial charge in [0.1, 0.15) is 0 Å². The van der Waals surface area contributed by atoms with Crippen LogP contribution in [0.1, 0.15) is 6.92 Å². The maximum Gasteiger partial charge on any atom is 0.319 e. The van der Waals surface area contributed by atoms with Crippen molar-refractivity contribution in [2.75, 3.05) is 11.9 Å². The van der Waals surface area contributed by atoms with Gasteiger partial charge in [-0.2, -0.15) is 0 Å². The maximum absolute atomic E-state index is 11.5. The molecule has 0 aromatic heterocycles. The maximum atomic E-state index is 11.5. The van der Waals surface area contributed by atoms with Crippen LogP contribution in [-0.2, 0) is 4.79 Å². The smallest absolute Gasteiger partial charge is 0.319 e. The summed E-state index contributed by atoms with van der Waals surface area (Å²) in [5.41, 5.74) is 0.438. The number of benzene rings is 1. The Morgan fingerprint density at radius 2 is 1.83 bits per heavy atom. The van der Waals surface area contributed by atoms with Crippen LogP contribution in [0.3, 0.4) is 0 Å². The Bertz CT molecular complexity index is 445. The number of carboxylic acids is 1. The number of anilines is 1. The Hall–Kier alpha value is -1.46. The first kappa shape index (κ1) is 14.6. The lowest BCUT2D eigenvalue weighted by Gasteiger charge is -2.10. The molecule has 0 radical (unpaired) electrons. The number of hydrogen-bond donors (Lipinski definition) is 3. The van der Waals surface area contributed by atoms with Gasteiger partial charge in [0.05, 0.1) is 5.92 Å². The third-order valence-corrected chi connectivity index (χ3v) is 2.55. The Labute approximate surface area is 114 Å². The van der Waals surface area contributed by atoms with Crippen molar-refractivity contribution in [2.24, 2.45) is 5.92 Å². The molecular formula is C11H12Cl2N2O3. The highest BCUT2D eigenvalue weighted by molar-refractivity contribution is 6.35. The standard InChI is InChI=1S/C11H12Cl2N2O3/c1-6(10(16)17)5-14-11(18)15-9-3-7(12)2-8(13)4-9/h2-4,6H,5H2,1H3,(H,16,17)(H2,14,15,18). The molecule has 98 valence electrons. The van der Waals surface area contributed by atoms with Crippen molar-refractivity contribution >= 4 is 40.9 Å². The summed E-state index contributed by atoms with van der Waals surface area (Å²) in [6.45, 7) is 1.54. The summed E-state index contributed by atoms with van der Waals surface area (Å²) in [6, 6.07) is 4.10. The summed E-state index contributed by atoms with van der Waals surface area (Å²) >= 11 is 11.5. The largest absolute Gasteiger partial charge is 0.481 e. The van der Waals surface area contributed by atoms with E-state index in [0.29, 0.717) is 15.7 Å². The highest BCUT2D eigenvalue weighted by Crippen LogP contribution is 2.22. The van der Waals surface area contributed by atoms with Gasteiger partial charge < -0.3 is 15.7 Å². The zero-order valence-corrected chi connectivity index (χ0v) is 11.0. The van der Waals surface area contributed by atoms with E-state index < -0.39 is 17.9 Å². The van der Waals surface area contributed by atoms with Crippen LogP contribution >= 0.6 is 23.2 Å². The second-order valence-corrected chi connectivity index (χ2v) is 4.61. The number of hydrogen-bond acceptors (Lipinski definition) is 2. The molecular weight excluding hydrogens is 279 g/mol. The van der Waals surface area contributed by atoms with Gasteiger partial charge in [0.25, 0.3) is 0 Å². The van der Waals surface area contributed by atoms with E-state index in [1.54, 1.807) is 6.07 Å². The molecule has 0 aliphatic rings. The molecule has 18 heavy (non-hydrogen) atoms. The molecule has 5 nitrogen and oxygen atoms in total. The average molecular weight is 291 g/mol. The van der Waals surface area contributed by atoms with Crippen molar-refractivity contribution in [1.82, 2.24) is 5.32 Å². The second-order valence-electron chi connectivity index (χ2n) is 3.73. The normalized spacial score (nSPS) is 11.7. The summed E-state index contributed by atoms with van der Waals surface area (Å²) in [7, 11) is 0. The van der Waals surface area contributed by atoms with Crippen LogP contribution in [0.15, 0.2) is 18.2 Å². The molecule has 1 aromatic carbocycles. The highest BCUT2D eigenvalue weighted by atomic mass is 35.5. The lowest BCUT2D eigenvalue weighted by molar-refractivity contribution is -0.140. The van der Waals surface area contributed by atoms with E-state index in [9.17, 15) is 9.59 Å². The summed E-state index contributed by atoms with van der Waals surface area (Å²) in [5, 5.41) is 14.4. The van der Waals surface area contributed by atoms with Gasteiger partial charge in [-0.3, -0.25) is 4.79 Å². The van der Waals surface area contributed by atoms with Crippen molar-refractivity contribution in [2.45, 2.75) is 6.92 Å². The van der Waals surface area contributed by atoms with Crippen molar-refractivity contribution < 1.29 is 14.7 Å². The first-order valence-corrected chi connectivity index (χ1v) is 5.88. The monoisotopic (exact) mass is 290 g/mol. The summed E-state index contributed by atoms with van der Waals surface area (Å²) in [4.78, 5) is 22.0. The number of urea groups is 1. The third-order valence-electron chi connectivity index (χ3n) is 2.11. The number of carbonyl (C=O) groups excluding carboxylic acids is 1. The van der Waals surface area contributed by atoms with E-state index in [4.69, 9.17) is 28.3 Å². The minimum atomic E-state index is -0.971. The van der Waals surface area contributed by atoms with Crippen LogP contribution in [0, 0.1) is 5.92 Å². The van der Waals surface area contributed by atoms with Gasteiger partial charge in [-0.25, -0.2) is 4.79 Å². The van der Waals surface area contributed by atoms with Gasteiger partial charge in [-0.15, -0.1) is 0 Å². The van der Waals surface area contributed by atoms with E-state index in [2.05, 4.69) is 10.6 Å². The molecule has 1 rings (SSSR count). The average Bonchev–Trinajstić information content (AvgIpc) is 2.24. The number of nitrogens with one attached hydrogen (secondary N) is 2. The zero-order chi connectivity index (χ0) is 13.7. The molecule has 1 aromatic rings. The molecule has 1 atom stereocenters. The van der Waals surface area contributed by atoms with E-state index in [1.165, 1.54) is 19.1 Å². The van der Waals surface area contributed by atoms with Crippen LogP contribution in [0.2, 0.25) is 10.0 Å². The topological polar surface area (TPSA) is 78.4 Å². The van der Waals surface area contributed by atoms with Crippen LogP contribution in [-0.4, -0.2) is 23.7 Å². The molecule has 2 amide bonds. The van der Waals surface area contributed by atoms with Crippen LogP contribution < -0.4 is 10.6 Å². The van der Waals surface area contributed by atoms with Crippen molar-refractivity contribution in [3.05, 3.63) is 28.2 Å². The van der Waals surface area contributed by atoms with Gasteiger partial charge >= 0.3 is 12.0 Å². The molecule has 3 N–H and O–H groups in total. The number of halogens is 2. The molecule has 0 aliphatic heterocycles. The third kappa shape index (κ3) is 4.81. The summed E-state index contributed by atoms with van der Waals surface area (Å²) in [6.07, 6.45) is 0. The molecule has 0 fully saturated rings. The zero-order valence-electron chi connectivity index (χ0n) is 9.54. The Balaban J connectivity index is 2.52. The van der Waals surface area contributed by atoms with Crippen LogP contribution in [0.4, 0.5) is 10.5 Å². The summed E-state index contributed by atoms with van der Waals surface area (Å²) in [5.74, 6) is -1.63. The van der Waals surface area contributed by atoms with Gasteiger partial charge in [0, 0.05) is 22.3 Å². The lowest BCUT2D eigenvalue weighted by atomic mass is 10.2. The second kappa shape index (κ2) is 6.47. The number of rotatable bonds is 4. The molecule has 0 heterocycles. The van der Waals surface area contributed by atoms with Gasteiger partial charge in [-0.05, 0) is 18.2 Å². The molecule has 0 saturated carbocycles. The van der Waals surface area contributed by atoms with E-state index >= 15 is 0 Å². The van der Waals surface area contributed by atoms with Crippen LogP contribution in [0.25, 0.3) is 0 Å². The minimum Gasteiger partial charge on any atom is -0.481 e. The molecule has 0 aliphatic carbocycles. The van der Waals surface area contributed by atoms with Gasteiger partial charge in [0.15, 0.2) is 0 Å². The Kier molecular flexibility index (Phi) is 5.25. The minimum absolute atomic E-state index is 0.0372. The first-order valence-electron chi connectivity index (χ1n) is 5.12. The fraction of sp³-hybridized carbons (Fsp3) is 0.273. The Morgan fingerprint density at radius 3 is 2.33 bits per heavy atom. The summed E-state index contributed by atoms with van der Waals surface area (Å²) < 4.78 is 0. The van der Waals surface area contributed by atoms with Crippen molar-refractivity contribution in [1.29, 1.82) is 0 Å². The first-order chi connectivity index (χ1) is 8.38. The van der Waals surface area contributed by atoms with Crippen LogP contribution in [0.5, 0.6) is 0 Å². The predicted octanol–water partition coefficient (Wildman–Crippen LogP) is 2.84. The lowest BCUT2D eigenvalue weighted by Crippen LogP contribution is -2.34. The fourth-order valence-electron chi connectivity index (χ4n) is 1.13. The van der Waals surface area contributed by atoms with E-state index in [0.717, 1.165) is 0 Å². The molecule has 0 spiro atoms. The van der Waals surface area contributed by atoms with E-state index in [1.807, 2.05) is 0 Å². The quantitative estimate of drug-likeness (QED) is 0.798. The van der Waals surface area contributed by atoms with Crippen molar-refractivity contribution in [3.8, 4) is 0 Å². The number of aliphatic carboxylic acids is 1.